The van der Waals surface area contributed by atoms with Crippen molar-refractivity contribution in [3.05, 3.63) is 17.7 Å². The number of imidazole rings is 1. The Kier molecular flexibility index (Phi) is 3.19. The van der Waals surface area contributed by atoms with Gasteiger partial charge in [-0.15, -0.1) is 0 Å². The molecular weight excluding hydrogens is 275 g/mol. The van der Waals surface area contributed by atoms with E-state index in [0.717, 1.165) is 12.6 Å². The number of alkyl halides is 3. The molecule has 0 spiro atoms. The van der Waals surface area contributed by atoms with Crippen molar-refractivity contribution in [3.8, 4) is 0 Å². The van der Waals surface area contributed by atoms with Crippen LogP contribution >= 0.6 is 0 Å². The largest absolute Gasteiger partial charge is 0.434 e. The Labute approximate surface area is 113 Å². The first-order valence-electron chi connectivity index (χ1n) is 6.49. The number of hydrogen-bond acceptors (Lipinski definition) is 3. The van der Waals surface area contributed by atoms with Crippen molar-refractivity contribution in [2.24, 2.45) is 0 Å². The second kappa shape index (κ2) is 4.76. The highest BCUT2D eigenvalue weighted by atomic mass is 19.4. The van der Waals surface area contributed by atoms with Crippen LogP contribution in [0.5, 0.6) is 0 Å². The number of carbonyl (C=O) groups is 1. The van der Waals surface area contributed by atoms with Gasteiger partial charge in [0.25, 0.3) is 5.91 Å². The van der Waals surface area contributed by atoms with E-state index < -0.39 is 18.0 Å². The van der Waals surface area contributed by atoms with E-state index in [1.54, 1.807) is 0 Å². The Bertz CT molecular complexity index is 521. The fraction of sp³-hybridized carbons (Fsp3) is 0.667. The lowest BCUT2D eigenvalue weighted by Crippen LogP contribution is -2.43. The maximum Gasteiger partial charge on any atom is 0.434 e. The van der Waals surface area contributed by atoms with Gasteiger partial charge in [-0.2, -0.15) is 13.2 Å². The van der Waals surface area contributed by atoms with E-state index in [0.29, 0.717) is 26.1 Å². The first-order chi connectivity index (χ1) is 9.45. The second-order valence-electron chi connectivity index (χ2n) is 4.99. The molecule has 3 heterocycles. The first kappa shape index (κ1) is 13.4. The minimum Gasteiger partial charge on any atom is -0.368 e. The molecule has 2 aliphatic rings. The third kappa shape index (κ3) is 2.39. The van der Waals surface area contributed by atoms with Crippen LogP contribution in [-0.4, -0.2) is 39.6 Å². The Morgan fingerprint density at radius 3 is 2.85 bits per heavy atom. The van der Waals surface area contributed by atoms with Gasteiger partial charge in [-0.1, -0.05) is 0 Å². The molecule has 1 saturated heterocycles. The van der Waals surface area contributed by atoms with Crippen LogP contribution < -0.4 is 0 Å². The number of halogens is 3. The lowest BCUT2D eigenvalue weighted by Gasteiger charge is -2.29. The highest BCUT2D eigenvalue weighted by molar-refractivity contribution is 5.81. The second-order valence-corrected chi connectivity index (χ2v) is 4.99. The molecule has 1 atom stereocenters. The Hall–Kier alpha value is -1.57. The van der Waals surface area contributed by atoms with Gasteiger partial charge in [-0.25, -0.2) is 4.98 Å². The quantitative estimate of drug-likeness (QED) is 0.785. The van der Waals surface area contributed by atoms with Crippen LogP contribution in [0, 0.1) is 0 Å². The average Bonchev–Trinajstić information content (AvgIpc) is 3.05. The summed E-state index contributed by atoms with van der Waals surface area (Å²) in [5.74, 6) is 0.125. The smallest absolute Gasteiger partial charge is 0.368 e. The molecule has 20 heavy (non-hydrogen) atoms. The lowest BCUT2D eigenvalue weighted by molar-refractivity contribution is -0.142. The molecule has 0 bridgehead atoms. The fourth-order valence-corrected chi connectivity index (χ4v) is 2.55. The maximum atomic E-state index is 12.6. The first-order valence-corrected chi connectivity index (χ1v) is 6.49. The molecule has 0 aliphatic carbocycles. The van der Waals surface area contributed by atoms with Crippen LogP contribution in [-0.2, 0) is 28.8 Å². The van der Waals surface area contributed by atoms with Gasteiger partial charge in [0, 0.05) is 25.9 Å². The normalized spacial score (nSPS) is 22.9. The molecule has 5 nitrogen and oxygen atoms in total. The van der Waals surface area contributed by atoms with Gasteiger partial charge >= 0.3 is 6.18 Å². The molecule has 110 valence electrons. The third-order valence-electron chi connectivity index (χ3n) is 3.61. The topological polar surface area (TPSA) is 47.4 Å². The summed E-state index contributed by atoms with van der Waals surface area (Å²) in [6, 6.07) is 0. The Morgan fingerprint density at radius 1 is 1.40 bits per heavy atom. The molecule has 3 rings (SSSR count). The maximum absolute atomic E-state index is 12.6. The zero-order valence-corrected chi connectivity index (χ0v) is 10.7. The summed E-state index contributed by atoms with van der Waals surface area (Å²) in [7, 11) is 0. The highest BCUT2D eigenvalue weighted by Gasteiger charge is 2.37. The fourth-order valence-electron chi connectivity index (χ4n) is 2.55. The molecule has 1 fully saturated rings. The summed E-state index contributed by atoms with van der Waals surface area (Å²) in [5, 5.41) is 0. The van der Waals surface area contributed by atoms with Crippen LogP contribution in [0.4, 0.5) is 13.2 Å². The number of carbonyl (C=O) groups excluding carboxylic acids is 1. The number of nitrogens with zero attached hydrogens (tertiary/aromatic N) is 3. The monoisotopic (exact) mass is 289 g/mol. The van der Waals surface area contributed by atoms with Crippen molar-refractivity contribution in [1.29, 1.82) is 0 Å². The van der Waals surface area contributed by atoms with E-state index in [1.807, 2.05) is 0 Å². The molecular formula is C12H14F3N3O2. The highest BCUT2D eigenvalue weighted by Crippen LogP contribution is 2.29. The molecule has 1 aromatic heterocycles. The number of aromatic nitrogens is 2. The van der Waals surface area contributed by atoms with E-state index in [2.05, 4.69) is 4.98 Å². The Morgan fingerprint density at radius 2 is 2.20 bits per heavy atom. The summed E-state index contributed by atoms with van der Waals surface area (Å²) < 4.78 is 44.6. The van der Waals surface area contributed by atoms with Crippen molar-refractivity contribution in [1.82, 2.24) is 14.5 Å². The summed E-state index contributed by atoms with van der Waals surface area (Å²) in [4.78, 5) is 17.3. The minimum atomic E-state index is -4.45. The van der Waals surface area contributed by atoms with Crippen molar-refractivity contribution < 1.29 is 22.7 Å². The zero-order chi connectivity index (χ0) is 14.3. The van der Waals surface area contributed by atoms with Gasteiger partial charge in [0.15, 0.2) is 5.69 Å². The SMILES string of the molecule is O=C(C1CCCO1)N1CCn2cc(C(F)(F)F)nc2C1. The predicted octanol–water partition coefficient (Wildman–Crippen LogP) is 1.42. The van der Waals surface area contributed by atoms with Crippen molar-refractivity contribution in [2.75, 3.05) is 13.2 Å². The van der Waals surface area contributed by atoms with E-state index in [4.69, 9.17) is 4.74 Å². The van der Waals surface area contributed by atoms with Gasteiger partial charge in [-0.05, 0) is 12.8 Å². The number of fused-ring (bicyclic) bond motifs is 1. The number of rotatable bonds is 1. The van der Waals surface area contributed by atoms with Crippen molar-refractivity contribution in [2.45, 2.75) is 38.2 Å². The minimum absolute atomic E-state index is 0.106. The number of ether oxygens (including phenoxy) is 1. The van der Waals surface area contributed by atoms with Crippen molar-refractivity contribution in [3.63, 3.8) is 0 Å². The van der Waals surface area contributed by atoms with Crippen LogP contribution in [0.25, 0.3) is 0 Å². The molecule has 0 N–H and O–H groups in total. The lowest BCUT2D eigenvalue weighted by atomic mass is 10.2. The molecule has 0 aromatic carbocycles. The number of amides is 1. The standard InChI is InChI=1S/C12H14F3N3O2/c13-12(14,15)9-6-17-3-4-18(7-10(17)16-9)11(19)8-2-1-5-20-8/h6,8H,1-5,7H2. The van der Waals surface area contributed by atoms with E-state index in [1.165, 1.54) is 9.47 Å². The van der Waals surface area contributed by atoms with E-state index >= 15 is 0 Å². The van der Waals surface area contributed by atoms with Gasteiger partial charge in [0.2, 0.25) is 0 Å². The van der Waals surface area contributed by atoms with Crippen LogP contribution in [0.3, 0.4) is 0 Å². The van der Waals surface area contributed by atoms with Gasteiger partial charge in [-0.3, -0.25) is 4.79 Å². The van der Waals surface area contributed by atoms with Gasteiger partial charge in [0.1, 0.15) is 11.9 Å². The molecule has 1 unspecified atom stereocenters. The third-order valence-corrected chi connectivity index (χ3v) is 3.61. The number of hydrogen-bond donors (Lipinski definition) is 0. The van der Waals surface area contributed by atoms with Gasteiger partial charge in [0.05, 0.1) is 6.54 Å². The Balaban J connectivity index is 1.74. The zero-order valence-electron chi connectivity index (χ0n) is 10.7. The molecule has 8 heteroatoms. The average molecular weight is 289 g/mol. The van der Waals surface area contributed by atoms with Crippen molar-refractivity contribution >= 4 is 5.91 Å². The molecule has 2 aliphatic heterocycles. The van der Waals surface area contributed by atoms with E-state index in [9.17, 15) is 18.0 Å². The van der Waals surface area contributed by atoms with E-state index in [-0.39, 0.29) is 18.3 Å². The summed E-state index contributed by atoms with van der Waals surface area (Å²) >= 11 is 0. The predicted molar refractivity (Wildman–Crippen MR) is 61.6 cm³/mol. The molecule has 0 saturated carbocycles. The summed E-state index contributed by atoms with van der Waals surface area (Å²) in [6.07, 6.45) is -2.37. The summed E-state index contributed by atoms with van der Waals surface area (Å²) in [6.45, 7) is 1.39. The van der Waals surface area contributed by atoms with Gasteiger partial charge < -0.3 is 14.2 Å². The molecule has 0 radical (unpaired) electrons. The molecule has 1 aromatic rings. The van der Waals surface area contributed by atoms with Crippen LogP contribution in [0.15, 0.2) is 6.20 Å². The van der Waals surface area contributed by atoms with Crippen LogP contribution in [0.1, 0.15) is 24.4 Å². The van der Waals surface area contributed by atoms with Crippen LogP contribution in [0.2, 0.25) is 0 Å². The molecule has 1 amide bonds. The summed E-state index contributed by atoms with van der Waals surface area (Å²) in [5.41, 5.74) is -0.904.